The third kappa shape index (κ3) is 3.40. The minimum Gasteiger partial charge on any atom is -0.366 e. The normalized spacial score (nSPS) is 17.4. The molecule has 2 heterocycles. The topological polar surface area (TPSA) is 76.3 Å². The average Bonchev–Trinajstić information content (AvgIpc) is 2.63. The van der Waals surface area contributed by atoms with E-state index in [0.29, 0.717) is 11.3 Å². The first-order chi connectivity index (χ1) is 12.0. The summed E-state index contributed by atoms with van der Waals surface area (Å²) in [5, 5.41) is 0. The number of likely N-dealkylation sites (tertiary alicyclic amines) is 1. The van der Waals surface area contributed by atoms with Crippen LogP contribution in [0.4, 0.5) is 0 Å². The van der Waals surface area contributed by atoms with Gasteiger partial charge in [0.05, 0.1) is 11.6 Å². The Balaban J connectivity index is 1.91. The molecule has 1 atom stereocenters. The zero-order chi connectivity index (χ0) is 18.0. The number of hydrogen-bond donors (Lipinski definition) is 1. The molecule has 2 aromatic rings. The number of pyridine rings is 1. The van der Waals surface area contributed by atoms with Crippen LogP contribution in [0.3, 0.4) is 0 Å². The van der Waals surface area contributed by atoms with Gasteiger partial charge in [0.15, 0.2) is 0 Å². The Morgan fingerprint density at radius 1 is 1.16 bits per heavy atom. The van der Waals surface area contributed by atoms with Crippen molar-refractivity contribution in [3.05, 3.63) is 64.5 Å². The van der Waals surface area contributed by atoms with Crippen molar-refractivity contribution >= 4 is 11.8 Å². The quantitative estimate of drug-likeness (QED) is 0.934. The minimum atomic E-state index is -0.544. The first-order valence-electron chi connectivity index (χ1n) is 8.62. The summed E-state index contributed by atoms with van der Waals surface area (Å²) < 4.78 is 0. The Labute approximate surface area is 147 Å². The van der Waals surface area contributed by atoms with Crippen molar-refractivity contribution in [3.63, 3.8) is 0 Å². The van der Waals surface area contributed by atoms with Gasteiger partial charge in [-0.05, 0) is 61.9 Å². The maximum Gasteiger partial charge on any atom is 0.272 e. The number of hydrogen-bond acceptors (Lipinski definition) is 3. The fourth-order valence-electron chi connectivity index (χ4n) is 3.45. The lowest BCUT2D eigenvalue weighted by Crippen LogP contribution is -2.39. The molecule has 0 unspecified atom stereocenters. The Hall–Kier alpha value is -2.69. The lowest BCUT2D eigenvalue weighted by Gasteiger charge is -2.37. The zero-order valence-corrected chi connectivity index (χ0v) is 14.7. The Bertz CT molecular complexity index is 799. The summed E-state index contributed by atoms with van der Waals surface area (Å²) in [6.45, 7) is 4.93. The van der Waals surface area contributed by atoms with Crippen LogP contribution in [-0.4, -0.2) is 28.2 Å². The molecule has 0 spiro atoms. The van der Waals surface area contributed by atoms with E-state index in [1.54, 1.807) is 12.1 Å². The van der Waals surface area contributed by atoms with Crippen molar-refractivity contribution in [3.8, 4) is 0 Å². The van der Waals surface area contributed by atoms with E-state index in [2.05, 4.69) is 37.0 Å². The van der Waals surface area contributed by atoms with Crippen molar-refractivity contribution in [2.45, 2.75) is 39.2 Å². The van der Waals surface area contributed by atoms with E-state index >= 15 is 0 Å². The van der Waals surface area contributed by atoms with Crippen LogP contribution in [0.25, 0.3) is 0 Å². The van der Waals surface area contributed by atoms with Gasteiger partial charge in [-0.3, -0.25) is 14.6 Å². The van der Waals surface area contributed by atoms with Crippen molar-refractivity contribution < 1.29 is 9.59 Å². The molecule has 5 nitrogen and oxygen atoms in total. The molecular formula is C20H23N3O2. The molecule has 1 aliphatic heterocycles. The smallest absolute Gasteiger partial charge is 0.272 e. The predicted octanol–water partition coefficient (Wildman–Crippen LogP) is 3.16. The number of benzene rings is 1. The maximum absolute atomic E-state index is 13.0. The summed E-state index contributed by atoms with van der Waals surface area (Å²) in [7, 11) is 0. The number of aryl methyl sites for hydroxylation is 1. The van der Waals surface area contributed by atoms with E-state index in [-0.39, 0.29) is 11.9 Å². The molecule has 2 amide bonds. The summed E-state index contributed by atoms with van der Waals surface area (Å²) in [6.07, 6.45) is 4.42. The summed E-state index contributed by atoms with van der Waals surface area (Å²) in [4.78, 5) is 30.3. The van der Waals surface area contributed by atoms with Gasteiger partial charge >= 0.3 is 0 Å². The van der Waals surface area contributed by atoms with Crippen LogP contribution in [0.15, 0.2) is 36.5 Å². The number of amides is 2. The highest BCUT2D eigenvalue weighted by atomic mass is 16.2. The number of primary amides is 1. The van der Waals surface area contributed by atoms with E-state index in [0.717, 1.165) is 25.8 Å². The second-order valence-electron chi connectivity index (χ2n) is 6.60. The number of nitrogens with two attached hydrogens (primary N) is 1. The summed E-state index contributed by atoms with van der Waals surface area (Å²) >= 11 is 0. The Kier molecular flexibility index (Phi) is 4.83. The standard InChI is InChI=1S/C20H23N3O2/c1-13-6-5-7-16(14(13)2)18-8-3-4-11-23(18)20(25)17-10-9-15(12-22-17)19(21)24/h5-7,9-10,12,18H,3-4,8,11H2,1-2H3,(H2,21,24)/t18-/m0/s1. The number of rotatable bonds is 3. The fraction of sp³-hybridized carbons (Fsp3) is 0.350. The molecule has 1 aromatic carbocycles. The Morgan fingerprint density at radius 2 is 1.96 bits per heavy atom. The lowest BCUT2D eigenvalue weighted by atomic mass is 9.90. The number of carbonyl (C=O) groups excluding carboxylic acids is 2. The molecule has 0 bridgehead atoms. The van der Waals surface area contributed by atoms with Crippen LogP contribution in [0.1, 0.15) is 62.8 Å². The van der Waals surface area contributed by atoms with Crippen LogP contribution in [0.5, 0.6) is 0 Å². The summed E-state index contributed by atoms with van der Waals surface area (Å²) in [5.74, 6) is -0.639. The van der Waals surface area contributed by atoms with Crippen molar-refractivity contribution in [1.29, 1.82) is 0 Å². The minimum absolute atomic E-state index is 0.0683. The summed E-state index contributed by atoms with van der Waals surface area (Å²) in [5.41, 5.74) is 9.58. The van der Waals surface area contributed by atoms with Gasteiger partial charge in [-0.25, -0.2) is 0 Å². The van der Waals surface area contributed by atoms with Crippen LogP contribution in [0.2, 0.25) is 0 Å². The molecule has 0 radical (unpaired) electrons. The highest BCUT2D eigenvalue weighted by molar-refractivity contribution is 5.95. The molecule has 0 aliphatic carbocycles. The maximum atomic E-state index is 13.0. The van der Waals surface area contributed by atoms with Gasteiger partial charge in [0.2, 0.25) is 5.91 Å². The second-order valence-corrected chi connectivity index (χ2v) is 6.60. The zero-order valence-electron chi connectivity index (χ0n) is 14.7. The van der Waals surface area contributed by atoms with Crippen LogP contribution >= 0.6 is 0 Å². The third-order valence-corrected chi connectivity index (χ3v) is 5.04. The number of carbonyl (C=O) groups is 2. The first-order valence-corrected chi connectivity index (χ1v) is 8.62. The molecular weight excluding hydrogens is 314 g/mol. The van der Waals surface area contributed by atoms with E-state index in [4.69, 9.17) is 5.73 Å². The fourth-order valence-corrected chi connectivity index (χ4v) is 3.45. The average molecular weight is 337 g/mol. The van der Waals surface area contributed by atoms with Gasteiger partial charge in [-0.1, -0.05) is 18.2 Å². The van der Waals surface area contributed by atoms with Gasteiger partial charge in [0.1, 0.15) is 5.69 Å². The molecule has 130 valence electrons. The molecule has 1 aromatic heterocycles. The molecule has 1 saturated heterocycles. The predicted molar refractivity (Wildman–Crippen MR) is 96.3 cm³/mol. The van der Waals surface area contributed by atoms with E-state index < -0.39 is 5.91 Å². The van der Waals surface area contributed by atoms with Crippen LogP contribution in [-0.2, 0) is 0 Å². The SMILES string of the molecule is Cc1cccc([C@@H]2CCCCN2C(=O)c2ccc(C(N)=O)cn2)c1C. The van der Waals surface area contributed by atoms with Crippen molar-refractivity contribution in [2.24, 2.45) is 5.73 Å². The van der Waals surface area contributed by atoms with Crippen LogP contribution in [0, 0.1) is 13.8 Å². The van der Waals surface area contributed by atoms with E-state index in [1.807, 2.05) is 4.90 Å². The van der Waals surface area contributed by atoms with Gasteiger partial charge in [0, 0.05) is 12.7 Å². The molecule has 0 saturated carbocycles. The molecule has 1 aliphatic rings. The lowest BCUT2D eigenvalue weighted by molar-refractivity contribution is 0.0604. The molecule has 25 heavy (non-hydrogen) atoms. The third-order valence-electron chi connectivity index (χ3n) is 5.04. The molecule has 5 heteroatoms. The first kappa shape index (κ1) is 17.1. The molecule has 2 N–H and O–H groups in total. The van der Waals surface area contributed by atoms with Crippen molar-refractivity contribution in [2.75, 3.05) is 6.54 Å². The van der Waals surface area contributed by atoms with Crippen molar-refractivity contribution in [1.82, 2.24) is 9.88 Å². The number of nitrogens with zero attached hydrogens (tertiary/aromatic N) is 2. The molecule has 3 rings (SSSR count). The van der Waals surface area contributed by atoms with Gasteiger partial charge in [0.25, 0.3) is 5.91 Å². The van der Waals surface area contributed by atoms with Gasteiger partial charge in [-0.2, -0.15) is 0 Å². The van der Waals surface area contributed by atoms with E-state index in [1.165, 1.54) is 22.9 Å². The Morgan fingerprint density at radius 3 is 2.64 bits per heavy atom. The second kappa shape index (κ2) is 7.05. The van der Waals surface area contributed by atoms with Crippen LogP contribution < -0.4 is 5.73 Å². The number of aromatic nitrogens is 1. The largest absolute Gasteiger partial charge is 0.366 e. The van der Waals surface area contributed by atoms with Gasteiger partial charge in [-0.15, -0.1) is 0 Å². The highest BCUT2D eigenvalue weighted by Gasteiger charge is 2.30. The monoisotopic (exact) mass is 337 g/mol. The van der Waals surface area contributed by atoms with Gasteiger partial charge < -0.3 is 10.6 Å². The summed E-state index contributed by atoms with van der Waals surface area (Å²) in [6, 6.07) is 9.46. The van der Waals surface area contributed by atoms with E-state index in [9.17, 15) is 9.59 Å². The highest BCUT2D eigenvalue weighted by Crippen LogP contribution is 2.34. The molecule has 1 fully saturated rings. The number of piperidine rings is 1.